The van der Waals surface area contributed by atoms with Crippen LogP contribution >= 0.6 is 0 Å². The molecule has 1 N–H and O–H groups in total. The average Bonchev–Trinajstić information content (AvgIpc) is 3.95. The van der Waals surface area contributed by atoms with E-state index in [1.54, 1.807) is 0 Å². The highest BCUT2D eigenvalue weighted by Gasteiger charge is 2.30. The molecule has 0 saturated carbocycles. The molecule has 0 atom stereocenters. The number of H-pyrrole nitrogens is 1. The standard InChI is InChI=1S/C68H48BN2/c1-40-18-16-19-41(2)63(40)50-36-58-59-39-54(64-42(3)20-17-21-43(64)4)51-28-14-15-29-52(51)67(59)71-62-38-49(46-26-12-7-13-27-46)33-55(65(62)69-60(37-50)68(58)71)57-35-48(45-24-10-6-11-25-45)34-56-53-32-47(44-22-8-5-9-23-44)30-31-61(53)70-66(56)57/h5-39,70H,1-4H3. The molecule has 0 aliphatic carbocycles. The van der Waals surface area contributed by atoms with E-state index in [0.29, 0.717) is 0 Å². The van der Waals surface area contributed by atoms with E-state index >= 15 is 0 Å². The summed E-state index contributed by atoms with van der Waals surface area (Å²) in [6.45, 7) is 9.02. The zero-order chi connectivity index (χ0) is 47.5. The lowest BCUT2D eigenvalue weighted by Gasteiger charge is -2.26. The van der Waals surface area contributed by atoms with Gasteiger partial charge in [0.2, 0.25) is 0 Å². The minimum atomic E-state index is 1.12. The van der Waals surface area contributed by atoms with Crippen LogP contribution in [0.1, 0.15) is 22.3 Å². The second kappa shape index (κ2) is 16.0. The van der Waals surface area contributed by atoms with Gasteiger partial charge in [0, 0.05) is 49.2 Å². The zero-order valence-corrected chi connectivity index (χ0v) is 40.2. The smallest absolute Gasteiger partial charge is 0.197 e. The van der Waals surface area contributed by atoms with Gasteiger partial charge >= 0.3 is 0 Å². The van der Waals surface area contributed by atoms with E-state index in [4.69, 9.17) is 0 Å². The number of rotatable bonds is 6. The number of nitrogens with one attached hydrogen (secondary N) is 1. The third-order valence-electron chi connectivity index (χ3n) is 15.4. The van der Waals surface area contributed by atoms with Crippen molar-refractivity contribution in [3.05, 3.63) is 235 Å². The molecule has 71 heavy (non-hydrogen) atoms. The summed E-state index contributed by atoms with van der Waals surface area (Å²) in [6, 6.07) is 79.1. The third kappa shape index (κ3) is 6.43. The normalized spacial score (nSPS) is 12.1. The predicted octanol–water partition coefficient (Wildman–Crippen LogP) is 16.8. The van der Waals surface area contributed by atoms with Crippen LogP contribution in [0.3, 0.4) is 0 Å². The zero-order valence-electron chi connectivity index (χ0n) is 40.2. The molecular weight excluding hydrogens is 856 g/mol. The molecule has 13 aromatic rings. The molecule has 2 nitrogen and oxygen atoms in total. The Morgan fingerprint density at radius 1 is 0.338 bits per heavy atom. The number of hydrogen-bond donors (Lipinski definition) is 1. The van der Waals surface area contributed by atoms with Crippen LogP contribution in [0.25, 0.3) is 127 Å². The molecule has 3 heterocycles. The van der Waals surface area contributed by atoms with Gasteiger partial charge in [-0.05, 0) is 171 Å². The molecule has 1 radical (unpaired) electrons. The largest absolute Gasteiger partial charge is 0.354 e. The fourth-order valence-corrected chi connectivity index (χ4v) is 12.2. The molecule has 2 aromatic heterocycles. The van der Waals surface area contributed by atoms with Gasteiger partial charge in [-0.15, -0.1) is 0 Å². The fourth-order valence-electron chi connectivity index (χ4n) is 12.2. The van der Waals surface area contributed by atoms with E-state index in [1.807, 2.05) is 0 Å². The van der Waals surface area contributed by atoms with E-state index in [0.717, 1.165) is 11.0 Å². The quantitative estimate of drug-likeness (QED) is 0.161. The molecule has 0 unspecified atom stereocenters. The summed E-state index contributed by atoms with van der Waals surface area (Å²) in [4.78, 5) is 4.01. The van der Waals surface area contributed by atoms with Crippen molar-refractivity contribution in [3.63, 3.8) is 0 Å². The van der Waals surface area contributed by atoms with Crippen molar-refractivity contribution < 1.29 is 0 Å². The summed E-state index contributed by atoms with van der Waals surface area (Å²) >= 11 is 0. The Morgan fingerprint density at radius 3 is 1.54 bits per heavy atom. The van der Waals surface area contributed by atoms with Gasteiger partial charge in [-0.25, -0.2) is 0 Å². The Hall–Kier alpha value is -8.66. The molecule has 1 aliphatic rings. The van der Waals surface area contributed by atoms with Crippen LogP contribution in [0.15, 0.2) is 212 Å². The molecule has 0 spiro atoms. The average molecular weight is 904 g/mol. The van der Waals surface area contributed by atoms with Gasteiger partial charge < -0.3 is 9.55 Å². The second-order valence-corrected chi connectivity index (χ2v) is 19.7. The Morgan fingerprint density at radius 2 is 0.873 bits per heavy atom. The summed E-state index contributed by atoms with van der Waals surface area (Å²) < 4.78 is 2.63. The molecular formula is C68H48BN2. The van der Waals surface area contributed by atoms with E-state index in [2.05, 4.69) is 257 Å². The van der Waals surface area contributed by atoms with Crippen LogP contribution in [0.2, 0.25) is 0 Å². The number of benzene rings is 11. The maximum Gasteiger partial charge on any atom is 0.197 e. The van der Waals surface area contributed by atoms with Gasteiger partial charge in [-0.2, -0.15) is 0 Å². The van der Waals surface area contributed by atoms with Gasteiger partial charge in [-0.3, -0.25) is 0 Å². The molecule has 11 aromatic carbocycles. The van der Waals surface area contributed by atoms with Crippen molar-refractivity contribution in [2.45, 2.75) is 27.7 Å². The number of aromatic nitrogens is 2. The number of fused-ring (bicyclic) bond motifs is 10. The van der Waals surface area contributed by atoms with Crippen LogP contribution in [0, 0.1) is 27.7 Å². The maximum absolute atomic E-state index is 4.01. The maximum atomic E-state index is 4.01. The Balaban J connectivity index is 1.14. The first-order valence-corrected chi connectivity index (χ1v) is 24.8. The molecule has 0 fully saturated rings. The van der Waals surface area contributed by atoms with Gasteiger partial charge in [0.25, 0.3) is 0 Å². The minimum absolute atomic E-state index is 1.12. The minimum Gasteiger partial charge on any atom is -0.354 e. The first-order valence-electron chi connectivity index (χ1n) is 24.8. The van der Waals surface area contributed by atoms with Gasteiger partial charge in [0.15, 0.2) is 7.28 Å². The second-order valence-electron chi connectivity index (χ2n) is 19.7. The van der Waals surface area contributed by atoms with Gasteiger partial charge in [0.1, 0.15) is 0 Å². The molecule has 333 valence electrons. The third-order valence-corrected chi connectivity index (χ3v) is 15.4. The highest BCUT2D eigenvalue weighted by atomic mass is 15.0. The van der Waals surface area contributed by atoms with Crippen molar-refractivity contribution in [1.82, 2.24) is 9.55 Å². The monoisotopic (exact) mass is 903 g/mol. The molecule has 14 rings (SSSR count). The number of nitrogens with zero attached hydrogens (tertiary/aromatic N) is 1. The van der Waals surface area contributed by atoms with Crippen molar-refractivity contribution in [1.29, 1.82) is 0 Å². The van der Waals surface area contributed by atoms with Crippen LogP contribution in [-0.2, 0) is 0 Å². The van der Waals surface area contributed by atoms with E-state index in [9.17, 15) is 0 Å². The Bertz CT molecular complexity index is 4290. The summed E-state index contributed by atoms with van der Waals surface area (Å²) in [6.07, 6.45) is 0. The van der Waals surface area contributed by atoms with Crippen molar-refractivity contribution >= 4 is 72.6 Å². The molecule has 0 bridgehead atoms. The summed E-state index contributed by atoms with van der Waals surface area (Å²) in [5.41, 5.74) is 28.1. The lowest BCUT2D eigenvalue weighted by molar-refractivity contribution is 1.20. The van der Waals surface area contributed by atoms with Crippen LogP contribution in [0.5, 0.6) is 0 Å². The van der Waals surface area contributed by atoms with Crippen molar-refractivity contribution in [3.8, 4) is 72.4 Å². The van der Waals surface area contributed by atoms with Gasteiger partial charge in [0.05, 0.1) is 11.0 Å². The van der Waals surface area contributed by atoms with Crippen LogP contribution < -0.4 is 10.9 Å². The SMILES string of the molecule is Cc1cccc(C)c1-c1cc2c3c(c1)c1cc(-c4c(C)cccc4C)c4ccccc4c1n3-c1cc(-c3ccccc3)cc(-c3cc(-c4ccccc4)cc4c3[nH]c3ccc(-c5ccccc5)cc34)c1[B]2. The lowest BCUT2D eigenvalue weighted by atomic mass is 9.58. The topological polar surface area (TPSA) is 20.7 Å². The molecule has 0 amide bonds. The number of aryl methyl sites for hydroxylation is 4. The molecule has 0 saturated heterocycles. The predicted molar refractivity (Wildman–Crippen MR) is 304 cm³/mol. The van der Waals surface area contributed by atoms with Crippen molar-refractivity contribution in [2.24, 2.45) is 0 Å². The van der Waals surface area contributed by atoms with E-state index in [-0.39, 0.29) is 0 Å². The highest BCUT2D eigenvalue weighted by Crippen LogP contribution is 2.46. The fraction of sp³-hybridized carbons (Fsp3) is 0.0588. The van der Waals surface area contributed by atoms with Crippen molar-refractivity contribution in [2.75, 3.05) is 0 Å². The molecule has 3 heteroatoms. The Labute approximate surface area is 414 Å². The molecule has 1 aliphatic heterocycles. The Kier molecular flexibility index (Phi) is 9.28. The van der Waals surface area contributed by atoms with Gasteiger partial charge in [-0.1, -0.05) is 169 Å². The number of hydrogen-bond acceptors (Lipinski definition) is 0. The van der Waals surface area contributed by atoms with Crippen LogP contribution in [-0.4, -0.2) is 16.8 Å². The van der Waals surface area contributed by atoms with E-state index < -0.39 is 0 Å². The first kappa shape index (κ1) is 41.3. The lowest BCUT2D eigenvalue weighted by Crippen LogP contribution is -2.37. The first-order chi connectivity index (χ1) is 34.9. The summed E-state index contributed by atoms with van der Waals surface area (Å²) in [7, 11) is 2.50. The van der Waals surface area contributed by atoms with E-state index in [1.165, 1.54) is 149 Å². The summed E-state index contributed by atoms with van der Waals surface area (Å²) in [5, 5.41) is 7.45. The van der Waals surface area contributed by atoms with Crippen LogP contribution in [0.4, 0.5) is 0 Å². The summed E-state index contributed by atoms with van der Waals surface area (Å²) in [5.74, 6) is 0. The highest BCUT2D eigenvalue weighted by molar-refractivity contribution is 6.73. The number of aromatic amines is 1.